The minimum absolute atomic E-state index is 0.0521. The van der Waals surface area contributed by atoms with Gasteiger partial charge in [0.25, 0.3) is 0 Å². The molecule has 112 valence electrons. The number of carbonyl (C=O) groups excluding carboxylic acids is 1. The molecule has 0 radical (unpaired) electrons. The minimum atomic E-state index is -0.447. The number of nitrogens with zero attached hydrogens (tertiary/aromatic N) is 1. The van der Waals surface area contributed by atoms with E-state index in [-0.39, 0.29) is 12.1 Å². The van der Waals surface area contributed by atoms with Crippen LogP contribution in [0.3, 0.4) is 0 Å². The average Bonchev–Trinajstić information content (AvgIpc) is 2.28. The first-order valence-corrected chi connectivity index (χ1v) is 6.85. The number of aromatic nitrogens is 1. The number of pyridine rings is 1. The molecule has 0 amide bonds. The van der Waals surface area contributed by atoms with Gasteiger partial charge >= 0.3 is 5.97 Å². The van der Waals surface area contributed by atoms with Crippen LogP contribution in [0, 0.1) is 0 Å². The van der Waals surface area contributed by atoms with Gasteiger partial charge in [-0.2, -0.15) is 0 Å². The maximum atomic E-state index is 11.6. The Morgan fingerprint density at radius 1 is 1.40 bits per heavy atom. The molecule has 1 aromatic rings. The Balaban J connectivity index is 2.48. The summed E-state index contributed by atoms with van der Waals surface area (Å²) in [5.41, 5.74) is 0.335. The second-order valence-corrected chi connectivity index (χ2v) is 5.79. The minimum Gasteiger partial charge on any atom is -0.473 e. The van der Waals surface area contributed by atoms with E-state index in [9.17, 15) is 4.79 Å². The van der Waals surface area contributed by atoms with Crippen LogP contribution in [0.15, 0.2) is 18.3 Å². The Kier molecular flexibility index (Phi) is 5.80. The number of rotatable bonds is 6. The molecule has 0 aromatic carbocycles. The van der Waals surface area contributed by atoms with E-state index in [2.05, 4.69) is 10.3 Å². The summed E-state index contributed by atoms with van der Waals surface area (Å²) >= 11 is 0. The molecular weight excluding hydrogens is 256 g/mol. The third-order valence-electron chi connectivity index (χ3n) is 2.18. The van der Waals surface area contributed by atoms with Crippen LogP contribution in [0.25, 0.3) is 0 Å². The SMILES string of the molecule is CC(C)Oc1ncccc1NCCC(=O)OC(C)(C)C. The van der Waals surface area contributed by atoms with E-state index in [1.54, 1.807) is 6.20 Å². The van der Waals surface area contributed by atoms with Crippen molar-refractivity contribution in [2.45, 2.75) is 52.7 Å². The molecule has 5 heteroatoms. The molecule has 1 rings (SSSR count). The lowest BCUT2D eigenvalue weighted by atomic mass is 10.2. The molecule has 1 aromatic heterocycles. The van der Waals surface area contributed by atoms with E-state index in [1.807, 2.05) is 46.8 Å². The number of anilines is 1. The van der Waals surface area contributed by atoms with Crippen molar-refractivity contribution in [3.8, 4) is 5.88 Å². The summed E-state index contributed by atoms with van der Waals surface area (Å²) in [4.78, 5) is 15.8. The Bertz CT molecular complexity index is 439. The second kappa shape index (κ2) is 7.12. The average molecular weight is 280 g/mol. The zero-order valence-corrected chi connectivity index (χ0v) is 12.9. The van der Waals surface area contributed by atoms with Gasteiger partial charge in [-0.15, -0.1) is 0 Å². The van der Waals surface area contributed by atoms with Gasteiger partial charge in [-0.3, -0.25) is 4.79 Å². The summed E-state index contributed by atoms with van der Waals surface area (Å²) < 4.78 is 10.8. The number of hydrogen-bond donors (Lipinski definition) is 1. The van der Waals surface area contributed by atoms with Crippen molar-refractivity contribution in [2.75, 3.05) is 11.9 Å². The van der Waals surface area contributed by atoms with Crippen molar-refractivity contribution in [2.24, 2.45) is 0 Å². The number of carbonyl (C=O) groups is 1. The molecule has 0 fully saturated rings. The zero-order valence-electron chi connectivity index (χ0n) is 12.9. The maximum absolute atomic E-state index is 11.6. The topological polar surface area (TPSA) is 60.5 Å². The van der Waals surface area contributed by atoms with Gasteiger partial charge in [0.05, 0.1) is 18.2 Å². The van der Waals surface area contributed by atoms with Gasteiger partial charge in [0.15, 0.2) is 0 Å². The standard InChI is InChI=1S/C15H24N2O3/c1-11(2)19-14-12(7-6-9-17-14)16-10-8-13(18)20-15(3,4)5/h6-7,9,11,16H,8,10H2,1-5H3. The molecule has 0 aliphatic rings. The third kappa shape index (κ3) is 6.41. The predicted molar refractivity (Wildman–Crippen MR) is 79.0 cm³/mol. The first-order valence-electron chi connectivity index (χ1n) is 6.85. The van der Waals surface area contributed by atoms with E-state index >= 15 is 0 Å². The number of esters is 1. The third-order valence-corrected chi connectivity index (χ3v) is 2.18. The van der Waals surface area contributed by atoms with Crippen molar-refractivity contribution < 1.29 is 14.3 Å². The van der Waals surface area contributed by atoms with Gasteiger partial charge in [0.2, 0.25) is 5.88 Å². The maximum Gasteiger partial charge on any atom is 0.308 e. The predicted octanol–water partition coefficient (Wildman–Crippen LogP) is 3.01. The highest BCUT2D eigenvalue weighted by Crippen LogP contribution is 2.21. The smallest absolute Gasteiger partial charge is 0.308 e. The summed E-state index contributed by atoms with van der Waals surface area (Å²) in [6.45, 7) is 9.93. The molecule has 0 saturated heterocycles. The van der Waals surface area contributed by atoms with Crippen LogP contribution in [0.4, 0.5) is 5.69 Å². The number of ether oxygens (including phenoxy) is 2. The second-order valence-electron chi connectivity index (χ2n) is 5.79. The molecule has 1 N–H and O–H groups in total. The molecular formula is C15H24N2O3. The fourth-order valence-electron chi connectivity index (χ4n) is 1.53. The summed E-state index contributed by atoms with van der Waals surface area (Å²) in [5, 5.41) is 3.15. The van der Waals surface area contributed by atoms with Crippen LogP contribution in [-0.4, -0.2) is 29.2 Å². The highest BCUT2D eigenvalue weighted by Gasteiger charge is 2.16. The van der Waals surface area contributed by atoms with E-state index in [4.69, 9.17) is 9.47 Å². The first kappa shape index (κ1) is 16.3. The fraction of sp³-hybridized carbons (Fsp3) is 0.600. The highest BCUT2D eigenvalue weighted by atomic mass is 16.6. The number of nitrogens with one attached hydrogen (secondary N) is 1. The molecule has 0 aliphatic heterocycles. The van der Waals surface area contributed by atoms with Crippen molar-refractivity contribution in [3.05, 3.63) is 18.3 Å². The van der Waals surface area contributed by atoms with Crippen LogP contribution in [-0.2, 0) is 9.53 Å². The normalized spacial score (nSPS) is 11.3. The Labute approximate surface area is 120 Å². The van der Waals surface area contributed by atoms with Gasteiger partial charge < -0.3 is 14.8 Å². The summed E-state index contributed by atoms with van der Waals surface area (Å²) in [5.74, 6) is 0.326. The van der Waals surface area contributed by atoms with E-state index in [0.717, 1.165) is 5.69 Å². The van der Waals surface area contributed by atoms with Crippen molar-refractivity contribution >= 4 is 11.7 Å². The highest BCUT2D eigenvalue weighted by molar-refractivity contribution is 5.70. The Morgan fingerprint density at radius 3 is 2.70 bits per heavy atom. The van der Waals surface area contributed by atoms with E-state index in [1.165, 1.54) is 0 Å². The molecule has 0 saturated carbocycles. The molecule has 20 heavy (non-hydrogen) atoms. The largest absolute Gasteiger partial charge is 0.473 e. The van der Waals surface area contributed by atoms with Crippen LogP contribution in [0.1, 0.15) is 41.0 Å². The lowest BCUT2D eigenvalue weighted by Gasteiger charge is -2.19. The van der Waals surface area contributed by atoms with Gasteiger partial charge in [-0.1, -0.05) is 0 Å². The van der Waals surface area contributed by atoms with Crippen LogP contribution in [0.5, 0.6) is 5.88 Å². The molecule has 0 spiro atoms. The summed E-state index contributed by atoms with van der Waals surface area (Å²) in [6.07, 6.45) is 2.03. The molecule has 0 unspecified atom stereocenters. The zero-order chi connectivity index (χ0) is 15.2. The molecule has 0 aliphatic carbocycles. The molecule has 5 nitrogen and oxygen atoms in total. The lowest BCUT2D eigenvalue weighted by molar-refractivity contribution is -0.154. The van der Waals surface area contributed by atoms with Crippen molar-refractivity contribution in [3.63, 3.8) is 0 Å². The van der Waals surface area contributed by atoms with Gasteiger partial charge in [0.1, 0.15) is 5.60 Å². The van der Waals surface area contributed by atoms with Crippen molar-refractivity contribution in [1.82, 2.24) is 4.98 Å². The van der Waals surface area contributed by atoms with Crippen LogP contribution >= 0.6 is 0 Å². The van der Waals surface area contributed by atoms with E-state index in [0.29, 0.717) is 18.8 Å². The monoisotopic (exact) mass is 280 g/mol. The van der Waals surface area contributed by atoms with E-state index < -0.39 is 5.60 Å². The van der Waals surface area contributed by atoms with Gasteiger partial charge in [0, 0.05) is 12.7 Å². The van der Waals surface area contributed by atoms with Crippen molar-refractivity contribution in [1.29, 1.82) is 0 Å². The fourth-order valence-corrected chi connectivity index (χ4v) is 1.53. The summed E-state index contributed by atoms with van der Waals surface area (Å²) in [7, 11) is 0. The van der Waals surface area contributed by atoms with Crippen LogP contribution < -0.4 is 10.1 Å². The Morgan fingerprint density at radius 2 is 2.10 bits per heavy atom. The van der Waals surface area contributed by atoms with Crippen LogP contribution in [0.2, 0.25) is 0 Å². The van der Waals surface area contributed by atoms with Gasteiger partial charge in [-0.25, -0.2) is 4.98 Å². The van der Waals surface area contributed by atoms with Gasteiger partial charge in [-0.05, 0) is 46.8 Å². The molecule has 1 heterocycles. The Hall–Kier alpha value is -1.78. The molecule has 0 bridgehead atoms. The number of hydrogen-bond acceptors (Lipinski definition) is 5. The quantitative estimate of drug-likeness (QED) is 0.812. The molecule has 0 atom stereocenters. The lowest BCUT2D eigenvalue weighted by Crippen LogP contribution is -2.25. The summed E-state index contributed by atoms with van der Waals surface area (Å²) in [6, 6.07) is 3.70. The first-order chi connectivity index (χ1) is 9.28.